The van der Waals surface area contributed by atoms with Gasteiger partial charge in [-0.25, -0.2) is 0 Å². The lowest BCUT2D eigenvalue weighted by molar-refractivity contribution is -0.144. The van der Waals surface area contributed by atoms with Crippen LogP contribution in [0, 0.1) is 13.8 Å². The zero-order valence-electron chi connectivity index (χ0n) is 14.3. The second-order valence-electron chi connectivity index (χ2n) is 5.71. The van der Waals surface area contributed by atoms with Crippen LogP contribution in [0.5, 0.6) is 0 Å². The number of ether oxygens (including phenoxy) is 1. The maximum absolute atomic E-state index is 12.1. The second kappa shape index (κ2) is 7.92. The third-order valence-electron chi connectivity index (χ3n) is 3.44. The zero-order chi connectivity index (χ0) is 18.5. The summed E-state index contributed by atoms with van der Waals surface area (Å²) in [5.41, 5.74) is 2.47. The molecule has 0 fully saturated rings. The van der Waals surface area contributed by atoms with Gasteiger partial charge >= 0.3 is 5.97 Å². The average Bonchev–Trinajstić information content (AvgIpc) is 3.28. The Labute approximate surface area is 154 Å². The van der Waals surface area contributed by atoms with Crippen LogP contribution >= 0.6 is 11.3 Å². The highest BCUT2D eigenvalue weighted by Gasteiger charge is 2.13. The Morgan fingerprint density at radius 2 is 2.00 bits per heavy atom. The average molecular weight is 371 g/mol. The normalized spacial score (nSPS) is 10.5. The van der Waals surface area contributed by atoms with E-state index in [1.54, 1.807) is 12.1 Å². The molecule has 0 aliphatic carbocycles. The van der Waals surface area contributed by atoms with Gasteiger partial charge in [0.25, 0.3) is 11.8 Å². The lowest BCUT2D eigenvalue weighted by atomic mass is 10.1. The summed E-state index contributed by atoms with van der Waals surface area (Å²) in [6, 6.07) is 9.25. The number of rotatable bonds is 6. The fourth-order valence-electron chi connectivity index (χ4n) is 2.37. The zero-order valence-corrected chi connectivity index (χ0v) is 15.1. The smallest absolute Gasteiger partial charge is 0.325 e. The topological polar surface area (TPSA) is 94.3 Å². The Balaban J connectivity index is 1.48. The molecular weight excluding hydrogens is 354 g/mol. The molecule has 2 aromatic heterocycles. The van der Waals surface area contributed by atoms with Crippen molar-refractivity contribution in [3.63, 3.8) is 0 Å². The van der Waals surface area contributed by atoms with Crippen molar-refractivity contribution >= 4 is 23.2 Å². The molecule has 1 N–H and O–H groups in total. The number of aryl methyl sites for hydroxylation is 2. The number of thiophene rings is 1. The Morgan fingerprint density at radius 3 is 2.69 bits per heavy atom. The van der Waals surface area contributed by atoms with E-state index in [1.807, 2.05) is 37.4 Å². The van der Waals surface area contributed by atoms with E-state index in [9.17, 15) is 9.59 Å². The van der Waals surface area contributed by atoms with Gasteiger partial charge in [-0.05, 0) is 37.4 Å². The molecule has 8 heteroatoms. The molecule has 0 spiro atoms. The van der Waals surface area contributed by atoms with Crippen LogP contribution in [-0.2, 0) is 16.1 Å². The van der Waals surface area contributed by atoms with Crippen LogP contribution in [0.1, 0.15) is 27.4 Å². The van der Waals surface area contributed by atoms with Gasteiger partial charge in [0.15, 0.2) is 6.61 Å². The molecule has 1 amide bonds. The first-order chi connectivity index (χ1) is 12.5. The Hall–Kier alpha value is -3.00. The first-order valence-corrected chi connectivity index (χ1v) is 8.78. The quantitative estimate of drug-likeness (QED) is 0.670. The van der Waals surface area contributed by atoms with Crippen molar-refractivity contribution < 1.29 is 18.8 Å². The van der Waals surface area contributed by atoms with E-state index in [2.05, 4.69) is 15.5 Å². The highest BCUT2D eigenvalue weighted by molar-refractivity contribution is 7.13. The van der Waals surface area contributed by atoms with E-state index in [4.69, 9.17) is 9.26 Å². The van der Waals surface area contributed by atoms with Crippen LogP contribution in [0.2, 0.25) is 0 Å². The van der Waals surface area contributed by atoms with Gasteiger partial charge in [0.05, 0.1) is 4.88 Å². The molecule has 3 aromatic rings. The van der Waals surface area contributed by atoms with E-state index >= 15 is 0 Å². The van der Waals surface area contributed by atoms with Gasteiger partial charge in [0.1, 0.15) is 6.54 Å². The molecule has 0 atom stereocenters. The summed E-state index contributed by atoms with van der Waals surface area (Å²) >= 11 is 1.48. The van der Waals surface area contributed by atoms with Crippen molar-refractivity contribution in [2.45, 2.75) is 20.5 Å². The van der Waals surface area contributed by atoms with Gasteiger partial charge in [-0.1, -0.05) is 28.4 Å². The number of carbonyl (C=O) groups is 2. The predicted molar refractivity (Wildman–Crippen MR) is 95.7 cm³/mol. The highest BCUT2D eigenvalue weighted by Crippen LogP contribution is 2.21. The van der Waals surface area contributed by atoms with Crippen molar-refractivity contribution in [3.8, 4) is 10.7 Å². The molecule has 7 nitrogen and oxygen atoms in total. The van der Waals surface area contributed by atoms with E-state index in [0.29, 0.717) is 11.4 Å². The molecule has 3 rings (SSSR count). The van der Waals surface area contributed by atoms with Crippen molar-refractivity contribution in [3.05, 3.63) is 58.3 Å². The number of nitrogens with zero attached hydrogens (tertiary/aromatic N) is 2. The molecule has 0 saturated heterocycles. The summed E-state index contributed by atoms with van der Waals surface area (Å²) < 4.78 is 10.1. The molecule has 0 bridgehead atoms. The number of benzene rings is 1. The SMILES string of the molecule is Cc1cc(C)cc(C(=O)NCC(=O)OCc2nc(-c3cccs3)no2)c1. The first-order valence-electron chi connectivity index (χ1n) is 7.90. The lowest BCUT2D eigenvalue weighted by Crippen LogP contribution is -2.30. The second-order valence-corrected chi connectivity index (χ2v) is 6.66. The minimum Gasteiger partial charge on any atom is -0.454 e. The molecule has 134 valence electrons. The highest BCUT2D eigenvalue weighted by atomic mass is 32.1. The molecular formula is C18H17N3O4S. The van der Waals surface area contributed by atoms with Crippen molar-refractivity contribution in [1.82, 2.24) is 15.5 Å². The van der Waals surface area contributed by atoms with Crippen molar-refractivity contribution in [2.24, 2.45) is 0 Å². The largest absolute Gasteiger partial charge is 0.454 e. The summed E-state index contributed by atoms with van der Waals surface area (Å²) in [5.74, 6) is -0.262. The lowest BCUT2D eigenvalue weighted by Gasteiger charge is -2.07. The van der Waals surface area contributed by atoms with Crippen LogP contribution in [0.4, 0.5) is 0 Å². The third kappa shape index (κ3) is 4.54. The maximum atomic E-state index is 12.1. The molecule has 0 radical (unpaired) electrons. The van der Waals surface area contributed by atoms with Crippen LogP contribution in [0.3, 0.4) is 0 Å². The number of carbonyl (C=O) groups excluding carboxylic acids is 2. The summed E-state index contributed by atoms with van der Waals surface area (Å²) in [6.07, 6.45) is 0. The maximum Gasteiger partial charge on any atom is 0.325 e. The minimum atomic E-state index is -0.585. The first kappa shape index (κ1) is 17.8. The molecule has 0 aliphatic rings. The predicted octanol–water partition coefficient (Wildman–Crippen LogP) is 2.89. The van der Waals surface area contributed by atoms with Crippen LogP contribution in [0.25, 0.3) is 10.7 Å². The van der Waals surface area contributed by atoms with Crippen molar-refractivity contribution in [1.29, 1.82) is 0 Å². The van der Waals surface area contributed by atoms with Crippen LogP contribution < -0.4 is 5.32 Å². The van der Waals surface area contributed by atoms with Gasteiger partial charge < -0.3 is 14.6 Å². The fourth-order valence-corrected chi connectivity index (χ4v) is 3.02. The van der Waals surface area contributed by atoms with Crippen LogP contribution in [0.15, 0.2) is 40.2 Å². The summed E-state index contributed by atoms with van der Waals surface area (Å²) in [7, 11) is 0. The Kier molecular flexibility index (Phi) is 5.43. The minimum absolute atomic E-state index is 0.142. The standard InChI is InChI=1S/C18H17N3O4S/c1-11-6-12(2)8-13(7-11)18(23)19-9-16(22)24-10-15-20-17(21-25-15)14-4-3-5-26-14/h3-8H,9-10H2,1-2H3,(H,19,23). The van der Waals surface area contributed by atoms with Gasteiger partial charge in [-0.2, -0.15) is 4.98 Å². The number of aromatic nitrogens is 2. The van der Waals surface area contributed by atoms with E-state index in [1.165, 1.54) is 11.3 Å². The summed E-state index contributed by atoms with van der Waals surface area (Å²) in [4.78, 5) is 28.9. The third-order valence-corrected chi connectivity index (χ3v) is 4.31. The number of esters is 1. The monoisotopic (exact) mass is 371 g/mol. The van der Waals surface area contributed by atoms with Gasteiger partial charge in [-0.3, -0.25) is 9.59 Å². The van der Waals surface area contributed by atoms with E-state index in [-0.39, 0.29) is 24.9 Å². The van der Waals surface area contributed by atoms with Crippen LogP contribution in [-0.4, -0.2) is 28.6 Å². The Bertz CT molecular complexity index is 898. The fraction of sp³-hybridized carbons (Fsp3) is 0.222. The van der Waals surface area contributed by atoms with E-state index in [0.717, 1.165) is 16.0 Å². The summed E-state index contributed by atoms with van der Waals surface area (Å²) in [6.45, 7) is 3.44. The van der Waals surface area contributed by atoms with E-state index < -0.39 is 5.97 Å². The van der Waals surface area contributed by atoms with Crippen molar-refractivity contribution in [2.75, 3.05) is 6.54 Å². The number of hydrogen-bond donors (Lipinski definition) is 1. The number of amides is 1. The van der Waals surface area contributed by atoms with Gasteiger partial charge in [0, 0.05) is 5.56 Å². The van der Waals surface area contributed by atoms with Gasteiger partial charge in [-0.15, -0.1) is 11.3 Å². The Morgan fingerprint density at radius 1 is 1.23 bits per heavy atom. The molecule has 0 unspecified atom stereocenters. The molecule has 0 saturated carbocycles. The molecule has 26 heavy (non-hydrogen) atoms. The van der Waals surface area contributed by atoms with Gasteiger partial charge in [0.2, 0.25) is 5.82 Å². The molecule has 1 aromatic carbocycles. The molecule has 0 aliphatic heterocycles. The number of hydrogen-bond acceptors (Lipinski definition) is 7. The number of nitrogens with one attached hydrogen (secondary N) is 1. The summed E-state index contributed by atoms with van der Waals surface area (Å²) in [5, 5.41) is 8.28. The molecule has 2 heterocycles.